The Bertz CT molecular complexity index is 792. The van der Waals surface area contributed by atoms with Gasteiger partial charge in [-0.3, -0.25) is 9.59 Å². The lowest BCUT2D eigenvalue weighted by atomic mass is 9.67. The van der Waals surface area contributed by atoms with Crippen molar-refractivity contribution in [2.75, 3.05) is 59.5 Å². The number of carbonyl (C=O) groups is 2. The predicted molar refractivity (Wildman–Crippen MR) is 176 cm³/mol. The molecule has 47 heavy (non-hydrogen) atoms. The zero-order chi connectivity index (χ0) is 35.8. The van der Waals surface area contributed by atoms with Gasteiger partial charge in [-0.25, -0.2) is 0 Å². The minimum Gasteiger partial charge on any atom is -0.481 e. The van der Waals surface area contributed by atoms with Crippen LogP contribution in [0.15, 0.2) is 0 Å². The maximum absolute atomic E-state index is 14.4. The van der Waals surface area contributed by atoms with Crippen LogP contribution in [0.2, 0.25) is 0 Å². The molecule has 0 fully saturated rings. The Kier molecular flexibility index (Phi) is 23.9. The summed E-state index contributed by atoms with van der Waals surface area (Å²) in [5.41, 5.74) is -2.38. The molecular weight excluding hydrogens is 616 g/mol. The Morgan fingerprint density at radius 1 is 0.553 bits per heavy atom. The molecule has 13 nitrogen and oxygen atoms in total. The van der Waals surface area contributed by atoms with E-state index in [1.807, 2.05) is 13.8 Å². The molecule has 0 saturated heterocycles. The first-order chi connectivity index (χ1) is 22.5. The number of carboxylic acid groups (broad SMARTS) is 2. The van der Waals surface area contributed by atoms with Crippen molar-refractivity contribution in [3.63, 3.8) is 0 Å². The molecule has 0 bridgehead atoms. The highest BCUT2D eigenvalue weighted by Crippen LogP contribution is 2.56. The molecular formula is C34H66O13. The fourth-order valence-electron chi connectivity index (χ4n) is 5.90. The van der Waals surface area contributed by atoms with E-state index >= 15 is 0 Å². The van der Waals surface area contributed by atoms with Crippen LogP contribution in [0.4, 0.5) is 0 Å². The quantitative estimate of drug-likeness (QED) is 0.0583. The van der Waals surface area contributed by atoms with Crippen LogP contribution in [-0.2, 0) is 52.2 Å². The minimum atomic E-state index is -2.42. The molecule has 0 radical (unpaired) electrons. The molecule has 0 aromatic carbocycles. The van der Waals surface area contributed by atoms with E-state index in [1.165, 1.54) is 0 Å². The van der Waals surface area contributed by atoms with E-state index in [9.17, 15) is 19.8 Å². The number of aliphatic carboxylic acids is 2. The topological polar surface area (TPSA) is 158 Å². The van der Waals surface area contributed by atoms with Gasteiger partial charge in [0, 0.05) is 59.3 Å². The van der Waals surface area contributed by atoms with Crippen LogP contribution >= 0.6 is 0 Å². The van der Waals surface area contributed by atoms with Gasteiger partial charge in [-0.1, -0.05) is 39.5 Å². The molecule has 0 rings (SSSR count). The highest BCUT2D eigenvalue weighted by Gasteiger charge is 2.79. The second kappa shape index (κ2) is 24.7. The largest absolute Gasteiger partial charge is 0.481 e. The summed E-state index contributed by atoms with van der Waals surface area (Å²) in [5.74, 6) is -9.33. The fraction of sp³-hybridized carbons (Fsp3) is 0.941. The second-order valence-corrected chi connectivity index (χ2v) is 10.8. The molecule has 0 aliphatic carbocycles. The van der Waals surface area contributed by atoms with E-state index in [0.717, 1.165) is 25.7 Å². The van der Waals surface area contributed by atoms with Crippen molar-refractivity contribution < 1.29 is 62.4 Å². The molecule has 0 aromatic heterocycles. The van der Waals surface area contributed by atoms with Gasteiger partial charge in [0.1, 0.15) is 0 Å². The van der Waals surface area contributed by atoms with Crippen LogP contribution in [-0.4, -0.2) is 105 Å². The van der Waals surface area contributed by atoms with Gasteiger partial charge in [0.2, 0.25) is 0 Å². The SMILES string of the molecule is CCCCCOC(C(OCC)(OCC)OCC)C(CCCC(=O)O)(C(=O)O)C(OCC)(OCCCCC)C(OCC)(OCC)OCC. The van der Waals surface area contributed by atoms with Crippen LogP contribution in [0.25, 0.3) is 0 Å². The normalized spacial score (nSPS) is 15.7. The molecule has 0 aliphatic rings. The van der Waals surface area contributed by atoms with Gasteiger partial charge in [-0.05, 0) is 74.1 Å². The lowest BCUT2D eigenvalue weighted by Crippen LogP contribution is -2.78. The molecule has 0 aromatic rings. The van der Waals surface area contributed by atoms with Gasteiger partial charge in [0.05, 0.1) is 6.61 Å². The first-order valence-electron chi connectivity index (χ1n) is 17.7. The average molecular weight is 683 g/mol. The third-order valence-corrected chi connectivity index (χ3v) is 7.58. The van der Waals surface area contributed by atoms with Crippen LogP contribution < -0.4 is 0 Å². The second-order valence-electron chi connectivity index (χ2n) is 10.8. The molecule has 13 heteroatoms. The summed E-state index contributed by atoms with van der Waals surface area (Å²) in [6.45, 7) is 16.4. The maximum Gasteiger partial charge on any atom is 0.342 e. The van der Waals surface area contributed by atoms with Crippen molar-refractivity contribution in [3.8, 4) is 0 Å². The number of hydrogen-bond acceptors (Lipinski definition) is 11. The van der Waals surface area contributed by atoms with E-state index in [4.69, 9.17) is 42.6 Å². The van der Waals surface area contributed by atoms with Gasteiger partial charge < -0.3 is 52.8 Å². The van der Waals surface area contributed by atoms with Crippen LogP contribution in [0.1, 0.15) is 120 Å². The molecule has 3 unspecified atom stereocenters. The third-order valence-electron chi connectivity index (χ3n) is 7.58. The van der Waals surface area contributed by atoms with Gasteiger partial charge >= 0.3 is 23.9 Å². The Morgan fingerprint density at radius 2 is 1.00 bits per heavy atom. The van der Waals surface area contributed by atoms with Crippen LogP contribution in [0.5, 0.6) is 0 Å². The van der Waals surface area contributed by atoms with E-state index < -0.39 is 41.2 Å². The fourth-order valence-corrected chi connectivity index (χ4v) is 5.90. The van der Waals surface area contributed by atoms with Crippen LogP contribution in [0, 0.1) is 5.41 Å². The van der Waals surface area contributed by atoms with E-state index in [-0.39, 0.29) is 78.7 Å². The first-order valence-corrected chi connectivity index (χ1v) is 17.7. The van der Waals surface area contributed by atoms with E-state index in [1.54, 1.807) is 48.5 Å². The van der Waals surface area contributed by atoms with Crippen molar-refractivity contribution >= 4 is 11.9 Å². The summed E-state index contributed by atoms with van der Waals surface area (Å²) < 4.78 is 57.6. The zero-order valence-electron chi connectivity index (χ0n) is 30.7. The number of unbranched alkanes of at least 4 members (excludes halogenated alkanes) is 4. The number of rotatable bonds is 33. The molecule has 0 spiro atoms. The highest BCUT2D eigenvalue weighted by molar-refractivity contribution is 5.78. The molecule has 0 amide bonds. The average Bonchev–Trinajstić information content (AvgIpc) is 3.02. The Hall–Kier alpha value is -1.42. The molecule has 0 saturated carbocycles. The van der Waals surface area contributed by atoms with Crippen molar-refractivity contribution in [1.82, 2.24) is 0 Å². The van der Waals surface area contributed by atoms with Crippen LogP contribution in [0.3, 0.4) is 0 Å². The van der Waals surface area contributed by atoms with Gasteiger partial charge in [0.25, 0.3) is 5.79 Å². The summed E-state index contributed by atoms with van der Waals surface area (Å²) in [6.07, 6.45) is 2.03. The third kappa shape index (κ3) is 11.9. The molecule has 2 N–H and O–H groups in total. The summed E-state index contributed by atoms with van der Waals surface area (Å²) >= 11 is 0. The van der Waals surface area contributed by atoms with Crippen molar-refractivity contribution in [2.45, 2.75) is 144 Å². The number of hydrogen-bond donors (Lipinski definition) is 2. The van der Waals surface area contributed by atoms with Crippen molar-refractivity contribution in [2.24, 2.45) is 5.41 Å². The smallest absolute Gasteiger partial charge is 0.342 e. The Balaban J connectivity index is 8.59. The van der Waals surface area contributed by atoms with Gasteiger partial charge in [-0.15, -0.1) is 0 Å². The monoisotopic (exact) mass is 682 g/mol. The summed E-state index contributed by atoms with van der Waals surface area (Å²) in [7, 11) is 0. The first kappa shape index (κ1) is 45.6. The maximum atomic E-state index is 14.4. The lowest BCUT2D eigenvalue weighted by molar-refractivity contribution is -0.533. The number of carboxylic acids is 2. The lowest BCUT2D eigenvalue weighted by Gasteiger charge is -2.58. The number of ether oxygens (including phenoxy) is 9. The molecule has 0 heterocycles. The molecule has 3 atom stereocenters. The Morgan fingerprint density at radius 3 is 1.38 bits per heavy atom. The highest BCUT2D eigenvalue weighted by atomic mass is 16.9. The summed E-state index contributed by atoms with van der Waals surface area (Å²) in [6, 6.07) is 0. The Labute approximate surface area is 283 Å². The van der Waals surface area contributed by atoms with Gasteiger partial charge in [0.15, 0.2) is 11.5 Å². The zero-order valence-corrected chi connectivity index (χ0v) is 30.7. The minimum absolute atomic E-state index is 0.0213. The molecule has 0 aliphatic heterocycles. The van der Waals surface area contributed by atoms with E-state index in [2.05, 4.69) is 0 Å². The molecule has 280 valence electrons. The summed E-state index contributed by atoms with van der Waals surface area (Å²) in [4.78, 5) is 26.3. The van der Waals surface area contributed by atoms with Crippen molar-refractivity contribution in [1.29, 1.82) is 0 Å². The van der Waals surface area contributed by atoms with Gasteiger partial charge in [-0.2, -0.15) is 0 Å². The standard InChI is InChI=1S/C34H66O13/c1-10-19-21-26-39-29(32(40-12-3,41-13-4)42-14-5)31(30(37)38,25-23-24-28(35)36)33(43-15-6,47-27-22-20-11-2)34(44-16-7,45-17-8)46-18-9/h29H,10-27H2,1-9H3,(H,35,36)(H,37,38). The summed E-state index contributed by atoms with van der Waals surface area (Å²) in [5, 5.41) is 21.5. The predicted octanol–water partition coefficient (Wildman–Crippen LogP) is 6.35. The van der Waals surface area contributed by atoms with E-state index in [0.29, 0.717) is 12.8 Å². The van der Waals surface area contributed by atoms with Crippen molar-refractivity contribution in [3.05, 3.63) is 0 Å².